The summed E-state index contributed by atoms with van der Waals surface area (Å²) in [5.74, 6) is -1.15. The summed E-state index contributed by atoms with van der Waals surface area (Å²) in [6, 6.07) is 4.32. The topological polar surface area (TPSA) is 111 Å². The first-order valence-corrected chi connectivity index (χ1v) is 8.62. The number of nitrogens with one attached hydrogen (secondary N) is 2. The summed E-state index contributed by atoms with van der Waals surface area (Å²) in [6.07, 6.45) is 1.65. The monoisotopic (exact) mass is 365 g/mol. The molecule has 0 unspecified atom stereocenters. The standard InChI is InChI=1S/C18H27N3O5/c1-6-13(7-2)20-14-9-8-12(10-15(14)21(24)25)17(23)19-11-16(22)26-18(3,4)5/h8-10,13,20H,6-7,11H2,1-5H3,(H,19,23). The number of ether oxygens (including phenoxy) is 1. The third-order valence-electron chi connectivity index (χ3n) is 3.62. The van der Waals surface area contributed by atoms with Crippen LogP contribution in [0, 0.1) is 10.1 Å². The summed E-state index contributed by atoms with van der Waals surface area (Å²) in [5, 5.41) is 16.9. The summed E-state index contributed by atoms with van der Waals surface area (Å²) in [5.41, 5.74) is -0.354. The average Bonchev–Trinajstić information content (AvgIpc) is 2.55. The fraction of sp³-hybridized carbons (Fsp3) is 0.556. The lowest BCUT2D eigenvalue weighted by atomic mass is 10.1. The Kier molecular flexibility index (Phi) is 7.55. The number of carbonyl (C=O) groups is 2. The van der Waals surface area contributed by atoms with Gasteiger partial charge in [-0.1, -0.05) is 13.8 Å². The van der Waals surface area contributed by atoms with Gasteiger partial charge in [0.1, 0.15) is 17.8 Å². The third kappa shape index (κ3) is 6.70. The fourth-order valence-electron chi connectivity index (χ4n) is 2.29. The Labute approximate surface area is 153 Å². The molecule has 8 nitrogen and oxygen atoms in total. The van der Waals surface area contributed by atoms with Gasteiger partial charge < -0.3 is 15.4 Å². The third-order valence-corrected chi connectivity index (χ3v) is 3.62. The summed E-state index contributed by atoms with van der Waals surface area (Å²) >= 11 is 0. The number of esters is 1. The van der Waals surface area contributed by atoms with E-state index in [1.165, 1.54) is 18.2 Å². The number of anilines is 1. The molecule has 0 atom stereocenters. The van der Waals surface area contributed by atoms with Crippen molar-refractivity contribution >= 4 is 23.3 Å². The van der Waals surface area contributed by atoms with Crippen molar-refractivity contribution in [2.75, 3.05) is 11.9 Å². The highest BCUT2D eigenvalue weighted by atomic mass is 16.6. The van der Waals surface area contributed by atoms with Gasteiger partial charge in [0.25, 0.3) is 11.6 Å². The molecule has 26 heavy (non-hydrogen) atoms. The van der Waals surface area contributed by atoms with Gasteiger partial charge in [-0.3, -0.25) is 19.7 Å². The van der Waals surface area contributed by atoms with Gasteiger partial charge in [0.05, 0.1) is 4.92 Å². The number of nitro groups is 1. The van der Waals surface area contributed by atoms with Crippen LogP contribution in [0.5, 0.6) is 0 Å². The molecule has 2 N–H and O–H groups in total. The van der Waals surface area contributed by atoms with Crippen LogP contribution in [0.4, 0.5) is 11.4 Å². The molecule has 0 aliphatic rings. The molecule has 0 fully saturated rings. The van der Waals surface area contributed by atoms with E-state index >= 15 is 0 Å². The zero-order valence-corrected chi connectivity index (χ0v) is 15.9. The Morgan fingerprint density at radius 2 is 1.85 bits per heavy atom. The smallest absolute Gasteiger partial charge is 0.325 e. The molecule has 1 aromatic carbocycles. The Balaban J connectivity index is 2.87. The normalized spacial score (nSPS) is 11.2. The summed E-state index contributed by atoms with van der Waals surface area (Å²) in [6.45, 7) is 8.85. The summed E-state index contributed by atoms with van der Waals surface area (Å²) in [7, 11) is 0. The van der Waals surface area contributed by atoms with E-state index in [1.807, 2.05) is 13.8 Å². The maximum Gasteiger partial charge on any atom is 0.325 e. The first-order chi connectivity index (χ1) is 12.1. The van der Waals surface area contributed by atoms with Crippen molar-refractivity contribution in [3.05, 3.63) is 33.9 Å². The lowest BCUT2D eigenvalue weighted by Gasteiger charge is -2.19. The number of benzene rings is 1. The SMILES string of the molecule is CCC(CC)Nc1ccc(C(=O)NCC(=O)OC(C)(C)C)cc1[N+](=O)[O-]. The molecule has 8 heteroatoms. The van der Waals surface area contributed by atoms with Crippen LogP contribution in [0.15, 0.2) is 18.2 Å². The summed E-state index contributed by atoms with van der Waals surface area (Å²) < 4.78 is 5.10. The number of carbonyl (C=O) groups excluding carboxylic acids is 2. The molecule has 0 bridgehead atoms. The molecule has 1 amide bonds. The van der Waals surface area contributed by atoms with Crippen molar-refractivity contribution in [1.29, 1.82) is 0 Å². The van der Waals surface area contributed by atoms with E-state index in [9.17, 15) is 19.7 Å². The van der Waals surface area contributed by atoms with Gasteiger partial charge in [-0.2, -0.15) is 0 Å². The molecule has 1 rings (SSSR count). The zero-order valence-electron chi connectivity index (χ0n) is 15.9. The largest absolute Gasteiger partial charge is 0.459 e. The van der Waals surface area contributed by atoms with E-state index in [4.69, 9.17) is 4.74 Å². The van der Waals surface area contributed by atoms with Crippen molar-refractivity contribution in [2.45, 2.75) is 59.1 Å². The molecule has 0 saturated heterocycles. The van der Waals surface area contributed by atoms with Crippen LogP contribution < -0.4 is 10.6 Å². The van der Waals surface area contributed by atoms with E-state index < -0.39 is 22.4 Å². The van der Waals surface area contributed by atoms with Crippen LogP contribution in [0.1, 0.15) is 57.8 Å². The van der Waals surface area contributed by atoms with Crippen LogP contribution in [0.3, 0.4) is 0 Å². The first kappa shape index (κ1) is 21.4. The zero-order chi connectivity index (χ0) is 19.9. The van der Waals surface area contributed by atoms with E-state index in [-0.39, 0.29) is 23.8 Å². The van der Waals surface area contributed by atoms with E-state index in [2.05, 4.69) is 10.6 Å². The van der Waals surface area contributed by atoms with Crippen LogP contribution in [-0.2, 0) is 9.53 Å². The van der Waals surface area contributed by atoms with Crippen LogP contribution >= 0.6 is 0 Å². The van der Waals surface area contributed by atoms with Gasteiger partial charge >= 0.3 is 5.97 Å². The lowest BCUT2D eigenvalue weighted by Crippen LogP contribution is -2.34. The highest BCUT2D eigenvalue weighted by Gasteiger charge is 2.21. The number of hydrogen-bond donors (Lipinski definition) is 2. The van der Waals surface area contributed by atoms with Gasteiger partial charge in [-0.15, -0.1) is 0 Å². The molecule has 0 saturated carbocycles. The minimum absolute atomic E-state index is 0.107. The Morgan fingerprint density at radius 1 is 1.23 bits per heavy atom. The Morgan fingerprint density at radius 3 is 2.35 bits per heavy atom. The molecular formula is C18H27N3O5. The number of rotatable bonds is 8. The fourth-order valence-corrected chi connectivity index (χ4v) is 2.29. The van der Waals surface area contributed by atoms with Crippen molar-refractivity contribution in [3.8, 4) is 0 Å². The summed E-state index contributed by atoms with van der Waals surface area (Å²) in [4.78, 5) is 34.6. The lowest BCUT2D eigenvalue weighted by molar-refractivity contribution is -0.384. The van der Waals surface area contributed by atoms with Crippen molar-refractivity contribution < 1.29 is 19.2 Å². The predicted octanol–water partition coefficient (Wildman–Crippen LogP) is 3.27. The second-order valence-electron chi connectivity index (χ2n) is 6.92. The second kappa shape index (κ2) is 9.17. The van der Waals surface area contributed by atoms with E-state index in [0.717, 1.165) is 12.8 Å². The van der Waals surface area contributed by atoms with Gasteiger partial charge in [0, 0.05) is 17.7 Å². The van der Waals surface area contributed by atoms with Crippen molar-refractivity contribution in [2.24, 2.45) is 0 Å². The van der Waals surface area contributed by atoms with Crippen molar-refractivity contribution in [1.82, 2.24) is 5.32 Å². The maximum absolute atomic E-state index is 12.2. The second-order valence-corrected chi connectivity index (χ2v) is 6.92. The van der Waals surface area contributed by atoms with Gasteiger partial charge in [-0.05, 0) is 45.7 Å². The first-order valence-electron chi connectivity index (χ1n) is 8.62. The van der Waals surface area contributed by atoms with Crippen LogP contribution in [0.2, 0.25) is 0 Å². The van der Waals surface area contributed by atoms with E-state index in [0.29, 0.717) is 5.69 Å². The Hall–Kier alpha value is -2.64. The van der Waals surface area contributed by atoms with Crippen LogP contribution in [-0.4, -0.2) is 35.0 Å². The van der Waals surface area contributed by atoms with Crippen molar-refractivity contribution in [3.63, 3.8) is 0 Å². The average molecular weight is 365 g/mol. The predicted molar refractivity (Wildman–Crippen MR) is 99.3 cm³/mol. The molecule has 0 aromatic heterocycles. The minimum atomic E-state index is -0.650. The highest BCUT2D eigenvalue weighted by Crippen LogP contribution is 2.27. The molecule has 144 valence electrons. The molecular weight excluding hydrogens is 338 g/mol. The minimum Gasteiger partial charge on any atom is -0.459 e. The number of hydrogen-bond acceptors (Lipinski definition) is 6. The number of nitro benzene ring substituents is 1. The number of amides is 1. The number of nitrogens with zero attached hydrogens (tertiary/aromatic N) is 1. The van der Waals surface area contributed by atoms with E-state index in [1.54, 1.807) is 20.8 Å². The maximum atomic E-state index is 12.2. The Bertz CT molecular complexity index is 663. The molecule has 0 aliphatic carbocycles. The molecule has 0 radical (unpaired) electrons. The van der Waals surface area contributed by atoms with Crippen LogP contribution in [0.25, 0.3) is 0 Å². The molecule has 1 aromatic rings. The highest BCUT2D eigenvalue weighted by molar-refractivity contribution is 5.97. The molecule has 0 spiro atoms. The quantitative estimate of drug-likeness (QED) is 0.415. The van der Waals surface area contributed by atoms with Gasteiger partial charge in [-0.25, -0.2) is 0 Å². The molecule has 0 aliphatic heterocycles. The van der Waals surface area contributed by atoms with Gasteiger partial charge in [0.2, 0.25) is 0 Å². The van der Waals surface area contributed by atoms with Gasteiger partial charge in [0.15, 0.2) is 0 Å². The molecule has 0 heterocycles.